The van der Waals surface area contributed by atoms with Crippen LogP contribution in [0.1, 0.15) is 36.8 Å². The number of ether oxygens (including phenoxy) is 1. The molecule has 1 saturated heterocycles. The van der Waals surface area contributed by atoms with Crippen LogP contribution >= 0.6 is 0 Å². The number of rotatable bonds is 2. The Kier molecular flexibility index (Phi) is 5.50. The molecule has 1 aliphatic rings. The molecule has 152 valence electrons. The van der Waals surface area contributed by atoms with Gasteiger partial charge in [-0.3, -0.25) is 4.79 Å². The van der Waals surface area contributed by atoms with Crippen LogP contribution in [0.3, 0.4) is 0 Å². The fourth-order valence-corrected chi connectivity index (χ4v) is 2.82. The van der Waals surface area contributed by atoms with Crippen LogP contribution in [0.5, 0.6) is 0 Å². The van der Waals surface area contributed by atoms with Gasteiger partial charge in [-0.2, -0.15) is 5.26 Å². The molecule has 0 saturated carbocycles. The monoisotopic (exact) mass is 400 g/mol. The van der Waals surface area contributed by atoms with Crippen LogP contribution < -0.4 is 0 Å². The first kappa shape index (κ1) is 20.3. The average molecular weight is 400 g/mol. The fraction of sp³-hybridized carbons (Fsp3) is 0.421. The zero-order valence-electron chi connectivity index (χ0n) is 16.4. The van der Waals surface area contributed by atoms with Crippen LogP contribution in [-0.2, 0) is 4.74 Å². The van der Waals surface area contributed by atoms with Crippen molar-refractivity contribution in [2.45, 2.75) is 26.4 Å². The van der Waals surface area contributed by atoms with Crippen LogP contribution in [-0.4, -0.2) is 68.6 Å². The van der Waals surface area contributed by atoms with Crippen molar-refractivity contribution in [2.24, 2.45) is 0 Å². The maximum Gasteiger partial charge on any atom is 0.410 e. The molecule has 2 heterocycles. The van der Waals surface area contributed by atoms with Gasteiger partial charge in [-0.15, -0.1) is 5.10 Å². The van der Waals surface area contributed by atoms with Gasteiger partial charge in [0.2, 0.25) is 0 Å². The average Bonchev–Trinajstić information content (AvgIpc) is 3.16. The molecule has 1 aliphatic heterocycles. The van der Waals surface area contributed by atoms with Crippen LogP contribution in [0.25, 0.3) is 5.69 Å². The molecule has 0 N–H and O–H groups in total. The molecule has 0 unspecified atom stereocenters. The minimum Gasteiger partial charge on any atom is -0.444 e. The van der Waals surface area contributed by atoms with Crippen molar-refractivity contribution in [1.29, 1.82) is 5.26 Å². The second kappa shape index (κ2) is 7.87. The van der Waals surface area contributed by atoms with E-state index in [-0.39, 0.29) is 22.9 Å². The molecule has 0 aliphatic carbocycles. The Hall–Kier alpha value is -3.48. The number of nitriles is 1. The summed E-state index contributed by atoms with van der Waals surface area (Å²) in [6, 6.07) is 5.80. The first-order valence-corrected chi connectivity index (χ1v) is 9.07. The summed E-state index contributed by atoms with van der Waals surface area (Å²) in [5, 5.41) is 16.5. The Balaban J connectivity index is 1.64. The second-order valence-corrected chi connectivity index (χ2v) is 7.59. The van der Waals surface area contributed by atoms with Crippen LogP contribution in [0.15, 0.2) is 24.4 Å². The lowest BCUT2D eigenvalue weighted by Crippen LogP contribution is -2.51. The van der Waals surface area contributed by atoms with Crippen LogP contribution in [0.4, 0.5) is 9.18 Å². The highest BCUT2D eigenvalue weighted by Crippen LogP contribution is 2.16. The van der Waals surface area contributed by atoms with Crippen molar-refractivity contribution >= 4 is 12.0 Å². The molecule has 1 aromatic heterocycles. The van der Waals surface area contributed by atoms with E-state index in [9.17, 15) is 14.0 Å². The third-order valence-corrected chi connectivity index (χ3v) is 4.25. The highest BCUT2D eigenvalue weighted by Gasteiger charge is 2.29. The van der Waals surface area contributed by atoms with Crippen molar-refractivity contribution in [3.05, 3.63) is 41.5 Å². The molecule has 2 aromatic rings. The van der Waals surface area contributed by atoms with Gasteiger partial charge in [0.1, 0.15) is 17.1 Å². The van der Waals surface area contributed by atoms with Crippen molar-refractivity contribution in [1.82, 2.24) is 24.8 Å². The molecule has 3 rings (SSSR count). The minimum absolute atomic E-state index is 0.0690. The van der Waals surface area contributed by atoms with E-state index in [4.69, 9.17) is 10.00 Å². The molecule has 2 amide bonds. The molecular weight excluding hydrogens is 379 g/mol. The molecule has 10 heteroatoms. The molecule has 1 aromatic carbocycles. The van der Waals surface area contributed by atoms with Gasteiger partial charge in [-0.1, -0.05) is 5.21 Å². The number of nitrogens with zero attached hydrogens (tertiary/aromatic N) is 6. The lowest BCUT2D eigenvalue weighted by molar-refractivity contribution is 0.0140. The first-order valence-electron chi connectivity index (χ1n) is 9.07. The summed E-state index contributed by atoms with van der Waals surface area (Å²) < 4.78 is 20.6. The summed E-state index contributed by atoms with van der Waals surface area (Å²) in [7, 11) is 0. The zero-order valence-corrected chi connectivity index (χ0v) is 16.4. The number of carbonyl (C=O) groups excluding carboxylic acids is 2. The summed E-state index contributed by atoms with van der Waals surface area (Å²) in [4.78, 5) is 27.9. The maximum absolute atomic E-state index is 14.1. The minimum atomic E-state index is -0.640. The van der Waals surface area contributed by atoms with Crippen molar-refractivity contribution in [3.63, 3.8) is 0 Å². The second-order valence-electron chi connectivity index (χ2n) is 7.59. The molecule has 0 radical (unpaired) electrons. The van der Waals surface area contributed by atoms with Gasteiger partial charge in [0, 0.05) is 26.2 Å². The van der Waals surface area contributed by atoms with Gasteiger partial charge >= 0.3 is 6.09 Å². The Bertz CT molecular complexity index is 967. The van der Waals surface area contributed by atoms with Gasteiger partial charge < -0.3 is 14.5 Å². The number of piperazine rings is 1. The predicted octanol–water partition coefficient (Wildman–Crippen LogP) is 1.97. The Morgan fingerprint density at radius 2 is 1.83 bits per heavy atom. The molecule has 0 spiro atoms. The normalized spacial score (nSPS) is 14.4. The van der Waals surface area contributed by atoms with Gasteiger partial charge in [-0.25, -0.2) is 13.9 Å². The number of amides is 2. The zero-order chi connectivity index (χ0) is 21.2. The summed E-state index contributed by atoms with van der Waals surface area (Å²) >= 11 is 0. The van der Waals surface area contributed by atoms with E-state index in [1.54, 1.807) is 30.6 Å². The van der Waals surface area contributed by atoms with Gasteiger partial charge in [0.25, 0.3) is 5.91 Å². The van der Waals surface area contributed by atoms with E-state index in [0.29, 0.717) is 26.2 Å². The molecule has 0 bridgehead atoms. The van der Waals surface area contributed by atoms with Crippen LogP contribution in [0, 0.1) is 17.1 Å². The van der Waals surface area contributed by atoms with Gasteiger partial charge in [0.05, 0.1) is 17.8 Å². The molecular formula is C19H21FN6O3. The largest absolute Gasteiger partial charge is 0.444 e. The molecule has 29 heavy (non-hydrogen) atoms. The Labute approximate surface area is 167 Å². The molecule has 9 nitrogen and oxygen atoms in total. The van der Waals surface area contributed by atoms with E-state index < -0.39 is 17.5 Å². The van der Waals surface area contributed by atoms with Crippen molar-refractivity contribution in [3.8, 4) is 11.8 Å². The SMILES string of the molecule is CC(C)(C)OC(=O)N1CCN(C(=O)c2cn(-c3ccc(C#N)cc3F)nn2)CC1. The summed E-state index contributed by atoms with van der Waals surface area (Å²) in [6.07, 6.45) is 0.930. The molecule has 0 atom stereocenters. The smallest absolute Gasteiger partial charge is 0.410 e. The fourth-order valence-electron chi connectivity index (χ4n) is 2.82. The number of hydrogen-bond acceptors (Lipinski definition) is 6. The number of hydrogen-bond donors (Lipinski definition) is 0. The van der Waals surface area contributed by atoms with Crippen molar-refractivity contribution < 1.29 is 18.7 Å². The summed E-state index contributed by atoms with van der Waals surface area (Å²) in [6.45, 7) is 6.74. The number of halogens is 1. The van der Waals surface area contributed by atoms with Gasteiger partial charge in [0.15, 0.2) is 5.69 Å². The summed E-state index contributed by atoms with van der Waals surface area (Å²) in [5.41, 5.74) is -0.237. The lowest BCUT2D eigenvalue weighted by atomic mass is 10.2. The third kappa shape index (κ3) is 4.68. The Morgan fingerprint density at radius 3 is 2.41 bits per heavy atom. The lowest BCUT2D eigenvalue weighted by Gasteiger charge is -2.35. The van der Waals surface area contributed by atoms with E-state index in [1.807, 2.05) is 6.07 Å². The number of benzene rings is 1. The quantitative estimate of drug-likeness (QED) is 0.763. The number of aromatic nitrogens is 3. The van der Waals surface area contributed by atoms with E-state index in [1.165, 1.54) is 18.3 Å². The van der Waals surface area contributed by atoms with E-state index in [2.05, 4.69) is 10.3 Å². The highest BCUT2D eigenvalue weighted by atomic mass is 19.1. The van der Waals surface area contributed by atoms with E-state index >= 15 is 0 Å². The topological polar surface area (TPSA) is 104 Å². The molecule has 1 fully saturated rings. The van der Waals surface area contributed by atoms with Crippen molar-refractivity contribution in [2.75, 3.05) is 26.2 Å². The van der Waals surface area contributed by atoms with E-state index in [0.717, 1.165) is 10.7 Å². The number of carbonyl (C=O) groups is 2. The highest BCUT2D eigenvalue weighted by molar-refractivity contribution is 5.92. The predicted molar refractivity (Wildman–Crippen MR) is 99.7 cm³/mol. The summed E-state index contributed by atoms with van der Waals surface area (Å²) in [5.74, 6) is -0.993. The standard InChI is InChI=1S/C19H21FN6O3/c1-19(2,3)29-18(28)25-8-6-24(7-9-25)17(27)15-12-26(23-22-15)16-5-4-13(11-21)10-14(16)20/h4-5,10,12H,6-9H2,1-3H3. The first-order chi connectivity index (χ1) is 13.7. The maximum atomic E-state index is 14.1. The van der Waals surface area contributed by atoms with Gasteiger partial charge in [-0.05, 0) is 39.0 Å². The Morgan fingerprint density at radius 1 is 1.17 bits per heavy atom. The third-order valence-electron chi connectivity index (χ3n) is 4.25. The van der Waals surface area contributed by atoms with Crippen LogP contribution in [0.2, 0.25) is 0 Å².